The number of allylic oxidation sites excluding steroid dienone is 1. The molecule has 47 heavy (non-hydrogen) atoms. The molecule has 1 aliphatic carbocycles. The van der Waals surface area contributed by atoms with Crippen LogP contribution in [0.25, 0.3) is 72.3 Å². The van der Waals surface area contributed by atoms with E-state index < -0.39 is 0 Å². The van der Waals surface area contributed by atoms with Crippen LogP contribution in [-0.4, -0.2) is 9.97 Å². The highest BCUT2D eigenvalue weighted by atomic mass is 16.3. The van der Waals surface area contributed by atoms with Crippen LogP contribution >= 0.6 is 0 Å². The van der Waals surface area contributed by atoms with Gasteiger partial charge in [0.1, 0.15) is 11.3 Å². The Morgan fingerprint density at radius 1 is 0.489 bits per heavy atom. The highest BCUT2D eigenvalue weighted by Crippen LogP contribution is 2.43. The molecule has 0 atom stereocenters. The Kier molecular flexibility index (Phi) is 6.60. The van der Waals surface area contributed by atoms with E-state index in [0.29, 0.717) is 5.82 Å². The van der Waals surface area contributed by atoms with E-state index in [1.807, 2.05) is 18.2 Å². The van der Waals surface area contributed by atoms with Crippen LogP contribution in [-0.2, 0) is 6.42 Å². The van der Waals surface area contributed by atoms with Gasteiger partial charge < -0.3 is 4.42 Å². The van der Waals surface area contributed by atoms with Crippen molar-refractivity contribution in [2.45, 2.75) is 12.8 Å². The largest absolute Gasteiger partial charge is 0.455 e. The average Bonchev–Trinajstić information content (AvgIpc) is 3.51. The zero-order chi connectivity index (χ0) is 31.2. The maximum Gasteiger partial charge on any atom is 0.160 e. The van der Waals surface area contributed by atoms with Crippen molar-refractivity contribution in [1.29, 1.82) is 0 Å². The van der Waals surface area contributed by atoms with E-state index in [9.17, 15) is 0 Å². The van der Waals surface area contributed by atoms with Gasteiger partial charge in [-0.1, -0.05) is 146 Å². The normalized spacial score (nSPS) is 13.7. The Labute approximate surface area is 273 Å². The zero-order valence-electron chi connectivity index (χ0n) is 25.7. The molecule has 3 heteroatoms. The molecule has 0 saturated carbocycles. The summed E-state index contributed by atoms with van der Waals surface area (Å²) in [4.78, 5) is 10.2. The van der Waals surface area contributed by atoms with Crippen molar-refractivity contribution < 1.29 is 4.42 Å². The van der Waals surface area contributed by atoms with Crippen molar-refractivity contribution in [2.24, 2.45) is 0 Å². The summed E-state index contributed by atoms with van der Waals surface area (Å²) in [5.41, 5.74) is 13.2. The Morgan fingerprint density at radius 3 is 1.98 bits per heavy atom. The predicted octanol–water partition coefficient (Wildman–Crippen LogP) is 11.4. The minimum Gasteiger partial charge on any atom is -0.455 e. The smallest absolute Gasteiger partial charge is 0.160 e. The number of hydrogen-bond acceptors (Lipinski definition) is 3. The molecule has 6 aromatic carbocycles. The monoisotopic (exact) mass is 602 g/mol. The van der Waals surface area contributed by atoms with Crippen LogP contribution in [0.1, 0.15) is 23.3 Å². The molecule has 9 rings (SSSR count). The molecule has 0 amide bonds. The number of benzene rings is 6. The molecule has 0 radical (unpaired) electrons. The maximum atomic E-state index is 6.62. The summed E-state index contributed by atoms with van der Waals surface area (Å²) in [6.45, 7) is 0. The molecule has 2 heterocycles. The van der Waals surface area contributed by atoms with Gasteiger partial charge in [0.2, 0.25) is 0 Å². The number of para-hydroxylation sites is 2. The summed E-state index contributed by atoms with van der Waals surface area (Å²) in [6.07, 6.45) is 4.25. The van der Waals surface area contributed by atoms with Gasteiger partial charge in [0.25, 0.3) is 0 Å². The van der Waals surface area contributed by atoms with Gasteiger partial charge in [0, 0.05) is 33.0 Å². The van der Waals surface area contributed by atoms with Gasteiger partial charge in [-0.2, -0.15) is 0 Å². The summed E-state index contributed by atoms with van der Waals surface area (Å²) in [5, 5.41) is 2.19. The van der Waals surface area contributed by atoms with Gasteiger partial charge in [-0.05, 0) is 52.8 Å². The van der Waals surface area contributed by atoms with E-state index in [4.69, 9.17) is 14.4 Å². The topological polar surface area (TPSA) is 38.9 Å². The van der Waals surface area contributed by atoms with Crippen LogP contribution in [0.2, 0.25) is 0 Å². The van der Waals surface area contributed by atoms with Crippen LogP contribution < -0.4 is 0 Å². The van der Waals surface area contributed by atoms with E-state index in [2.05, 4.69) is 140 Å². The van der Waals surface area contributed by atoms with Crippen LogP contribution in [0.3, 0.4) is 0 Å². The van der Waals surface area contributed by atoms with E-state index in [0.717, 1.165) is 68.4 Å². The fourth-order valence-corrected chi connectivity index (χ4v) is 6.87. The second-order valence-electron chi connectivity index (χ2n) is 12.0. The van der Waals surface area contributed by atoms with Crippen molar-refractivity contribution in [3.63, 3.8) is 0 Å². The lowest BCUT2D eigenvalue weighted by Crippen LogP contribution is -1.98. The molecular formula is C44H30N2O. The molecule has 0 spiro atoms. The first-order valence-electron chi connectivity index (χ1n) is 16.1. The number of nitrogens with zero attached hydrogens (tertiary/aromatic N) is 2. The molecule has 0 bridgehead atoms. The molecule has 3 nitrogen and oxygen atoms in total. The third kappa shape index (κ3) is 4.84. The van der Waals surface area contributed by atoms with Crippen LogP contribution in [0, 0.1) is 0 Å². The minimum atomic E-state index is 0.711. The minimum absolute atomic E-state index is 0.711. The Hall–Kier alpha value is -6.06. The van der Waals surface area contributed by atoms with Crippen LogP contribution in [0.5, 0.6) is 0 Å². The Morgan fingerprint density at radius 2 is 1.13 bits per heavy atom. The number of aromatic nitrogens is 2. The van der Waals surface area contributed by atoms with Gasteiger partial charge in [-0.15, -0.1) is 0 Å². The third-order valence-electron chi connectivity index (χ3n) is 9.21. The van der Waals surface area contributed by atoms with Crippen LogP contribution in [0.15, 0.2) is 162 Å². The van der Waals surface area contributed by atoms with Gasteiger partial charge in [-0.25, -0.2) is 9.97 Å². The van der Waals surface area contributed by atoms with Crippen molar-refractivity contribution in [2.75, 3.05) is 0 Å². The lowest BCUT2D eigenvalue weighted by Gasteiger charge is -2.16. The summed E-state index contributed by atoms with van der Waals surface area (Å²) in [7, 11) is 0. The highest BCUT2D eigenvalue weighted by Gasteiger charge is 2.23. The summed E-state index contributed by atoms with van der Waals surface area (Å²) in [5.74, 6) is 1.64. The molecule has 2 aromatic heterocycles. The summed E-state index contributed by atoms with van der Waals surface area (Å²) >= 11 is 0. The number of rotatable bonds is 4. The fourth-order valence-electron chi connectivity index (χ4n) is 6.87. The van der Waals surface area contributed by atoms with Crippen molar-refractivity contribution >= 4 is 27.4 Å². The van der Waals surface area contributed by atoms with Gasteiger partial charge in [-0.3, -0.25) is 0 Å². The molecular weight excluding hydrogens is 572 g/mol. The molecule has 0 fully saturated rings. The van der Waals surface area contributed by atoms with E-state index in [-0.39, 0.29) is 0 Å². The molecule has 0 saturated heterocycles. The first kappa shape index (κ1) is 27.3. The quantitative estimate of drug-likeness (QED) is 0.201. The van der Waals surface area contributed by atoms with Gasteiger partial charge >= 0.3 is 0 Å². The molecule has 0 aliphatic heterocycles. The van der Waals surface area contributed by atoms with E-state index in [1.54, 1.807) is 0 Å². The lowest BCUT2D eigenvalue weighted by atomic mass is 9.88. The second kappa shape index (κ2) is 11.4. The van der Waals surface area contributed by atoms with Crippen molar-refractivity contribution in [3.05, 3.63) is 175 Å². The zero-order valence-corrected chi connectivity index (χ0v) is 25.7. The lowest BCUT2D eigenvalue weighted by molar-refractivity contribution is 0.601. The number of aryl methyl sites for hydroxylation is 1. The van der Waals surface area contributed by atoms with Gasteiger partial charge in [0.05, 0.1) is 11.2 Å². The van der Waals surface area contributed by atoms with E-state index in [1.165, 1.54) is 27.8 Å². The second-order valence-corrected chi connectivity index (χ2v) is 12.0. The Balaban J connectivity index is 1.12. The average molecular weight is 603 g/mol. The molecule has 0 N–H and O–H groups in total. The molecule has 1 aliphatic rings. The van der Waals surface area contributed by atoms with Crippen LogP contribution in [0.4, 0.5) is 0 Å². The molecule has 0 unspecified atom stereocenters. The van der Waals surface area contributed by atoms with E-state index >= 15 is 0 Å². The SMILES string of the molecule is C1=C(/c2ccc(-c3nc(-c4ccc(-c5ccccc5)cc4)c4ccccc4n3)cc2)c2oc3ccccc3c2-c2ccccc2CC/1. The standard InChI is InChI=1S/C44H30N2O/c1-2-11-29(12-3-1)30-21-25-33(26-22-30)42-37-16-6-8-19-39(37)45-44(46-42)34-27-23-32(24-28-34)36-18-10-14-31-13-4-5-15-35(31)41-38-17-7-9-20-40(38)47-43(36)41/h1-9,11-13,15-28H,10,14H2/b36-18-. The maximum absolute atomic E-state index is 6.62. The number of fused-ring (bicyclic) bond motifs is 6. The van der Waals surface area contributed by atoms with Gasteiger partial charge in [0.15, 0.2) is 5.82 Å². The van der Waals surface area contributed by atoms with Crippen molar-refractivity contribution in [1.82, 2.24) is 9.97 Å². The third-order valence-corrected chi connectivity index (χ3v) is 9.21. The first-order chi connectivity index (χ1) is 23.3. The molecule has 8 aromatic rings. The first-order valence-corrected chi connectivity index (χ1v) is 16.1. The fraction of sp³-hybridized carbons (Fsp3) is 0.0455. The summed E-state index contributed by atoms with van der Waals surface area (Å²) < 4.78 is 6.62. The highest BCUT2D eigenvalue weighted by molar-refractivity contribution is 6.03. The molecule has 222 valence electrons. The predicted molar refractivity (Wildman–Crippen MR) is 193 cm³/mol. The summed E-state index contributed by atoms with van der Waals surface area (Å²) in [6, 6.07) is 53.1. The Bertz CT molecular complexity index is 2440. The number of hydrogen-bond donors (Lipinski definition) is 0. The number of furan rings is 1. The van der Waals surface area contributed by atoms with Crippen molar-refractivity contribution in [3.8, 4) is 44.9 Å².